The first-order valence-corrected chi connectivity index (χ1v) is 9.57. The van der Waals surface area contributed by atoms with Crippen molar-refractivity contribution in [1.82, 2.24) is 10.6 Å². The highest BCUT2D eigenvalue weighted by molar-refractivity contribution is 6.07. The summed E-state index contributed by atoms with van der Waals surface area (Å²) < 4.78 is 11.1. The van der Waals surface area contributed by atoms with Crippen LogP contribution < -0.4 is 25.4 Å². The molecular weight excluding hydrogens is 370 g/mol. The standard InChI is InChI=1S/C22H25N3O4/c1-4-28-16-12-10-15(11-13-16)20-19(14(3)23-22(27)25-20)21(26)24-17-8-6-7-9-18(17)29-5-2/h6-13,20H,4-5H2,1-3H3,(H,24,26)(H2,23,25,27)/t20-/m1/s1. The summed E-state index contributed by atoms with van der Waals surface area (Å²) >= 11 is 0. The van der Waals surface area contributed by atoms with Crippen LogP contribution in [-0.2, 0) is 4.79 Å². The quantitative estimate of drug-likeness (QED) is 0.666. The molecule has 0 bridgehead atoms. The van der Waals surface area contributed by atoms with Gasteiger partial charge in [0.15, 0.2) is 0 Å². The van der Waals surface area contributed by atoms with E-state index in [1.807, 2.05) is 50.2 Å². The van der Waals surface area contributed by atoms with Gasteiger partial charge in [0.05, 0.1) is 30.5 Å². The lowest BCUT2D eigenvalue weighted by Crippen LogP contribution is -2.45. The molecule has 1 atom stereocenters. The predicted octanol–water partition coefficient (Wildman–Crippen LogP) is 3.75. The molecule has 0 fully saturated rings. The molecule has 29 heavy (non-hydrogen) atoms. The third-order valence-corrected chi connectivity index (χ3v) is 4.47. The van der Waals surface area contributed by atoms with Crippen molar-refractivity contribution < 1.29 is 19.1 Å². The monoisotopic (exact) mass is 395 g/mol. The molecule has 0 spiro atoms. The van der Waals surface area contributed by atoms with E-state index in [2.05, 4.69) is 16.0 Å². The Morgan fingerprint density at radius 3 is 2.41 bits per heavy atom. The second-order valence-corrected chi connectivity index (χ2v) is 6.46. The number of ether oxygens (including phenoxy) is 2. The second-order valence-electron chi connectivity index (χ2n) is 6.46. The number of hydrogen-bond acceptors (Lipinski definition) is 4. The maximum atomic E-state index is 13.2. The van der Waals surface area contributed by atoms with Gasteiger partial charge in [-0.15, -0.1) is 0 Å². The fourth-order valence-corrected chi connectivity index (χ4v) is 3.21. The molecule has 3 rings (SSSR count). The summed E-state index contributed by atoms with van der Waals surface area (Å²) in [5, 5.41) is 8.41. The van der Waals surface area contributed by atoms with E-state index in [1.54, 1.807) is 19.1 Å². The van der Waals surface area contributed by atoms with Crippen LogP contribution in [0.3, 0.4) is 0 Å². The van der Waals surface area contributed by atoms with Crippen molar-refractivity contribution in [2.45, 2.75) is 26.8 Å². The maximum absolute atomic E-state index is 13.2. The summed E-state index contributed by atoms with van der Waals surface area (Å²) in [6.07, 6.45) is 0. The van der Waals surface area contributed by atoms with Gasteiger partial charge in [-0.2, -0.15) is 0 Å². The molecule has 1 aliphatic heterocycles. The van der Waals surface area contributed by atoms with Gasteiger partial charge in [0.2, 0.25) is 0 Å². The Labute approximate surface area is 170 Å². The number of anilines is 1. The molecular formula is C22H25N3O4. The molecule has 0 saturated carbocycles. The maximum Gasteiger partial charge on any atom is 0.319 e. The first kappa shape index (κ1) is 20.3. The zero-order chi connectivity index (χ0) is 20.8. The summed E-state index contributed by atoms with van der Waals surface area (Å²) in [5.41, 5.74) is 2.28. The molecule has 0 aliphatic carbocycles. The molecule has 2 aromatic carbocycles. The van der Waals surface area contributed by atoms with E-state index in [0.717, 1.165) is 11.3 Å². The van der Waals surface area contributed by atoms with Crippen molar-refractivity contribution in [3.63, 3.8) is 0 Å². The van der Waals surface area contributed by atoms with E-state index >= 15 is 0 Å². The lowest BCUT2D eigenvalue weighted by Gasteiger charge is -2.29. The highest BCUT2D eigenvalue weighted by Crippen LogP contribution is 2.30. The van der Waals surface area contributed by atoms with Gasteiger partial charge in [-0.05, 0) is 50.6 Å². The third kappa shape index (κ3) is 4.68. The van der Waals surface area contributed by atoms with Crippen molar-refractivity contribution in [1.29, 1.82) is 0 Å². The minimum Gasteiger partial charge on any atom is -0.494 e. The molecule has 152 valence electrons. The zero-order valence-electron chi connectivity index (χ0n) is 16.7. The number of benzene rings is 2. The SMILES string of the molecule is CCOc1ccc([C@H]2NC(=O)NC(C)=C2C(=O)Nc2ccccc2OCC)cc1. The average Bonchev–Trinajstić information content (AvgIpc) is 2.70. The van der Waals surface area contributed by atoms with E-state index in [0.29, 0.717) is 35.9 Å². The van der Waals surface area contributed by atoms with Crippen LogP contribution in [0.25, 0.3) is 0 Å². The molecule has 0 saturated heterocycles. The van der Waals surface area contributed by atoms with Crippen LogP contribution in [0.5, 0.6) is 11.5 Å². The van der Waals surface area contributed by atoms with Crippen LogP contribution >= 0.6 is 0 Å². The van der Waals surface area contributed by atoms with Crippen LogP contribution in [0, 0.1) is 0 Å². The number of nitrogens with one attached hydrogen (secondary N) is 3. The lowest BCUT2D eigenvalue weighted by atomic mass is 9.94. The summed E-state index contributed by atoms with van der Waals surface area (Å²) in [5.74, 6) is 1.00. The van der Waals surface area contributed by atoms with Gasteiger partial charge in [0.1, 0.15) is 11.5 Å². The van der Waals surface area contributed by atoms with E-state index in [-0.39, 0.29) is 11.9 Å². The Balaban J connectivity index is 1.90. The van der Waals surface area contributed by atoms with Crippen molar-refractivity contribution in [2.24, 2.45) is 0 Å². The molecule has 1 aliphatic rings. The molecule has 1 heterocycles. The number of allylic oxidation sites excluding steroid dienone is 1. The number of rotatable bonds is 7. The Hall–Kier alpha value is -3.48. The number of carbonyl (C=O) groups excluding carboxylic acids is 2. The van der Waals surface area contributed by atoms with Gasteiger partial charge in [-0.1, -0.05) is 24.3 Å². The van der Waals surface area contributed by atoms with Gasteiger partial charge >= 0.3 is 6.03 Å². The van der Waals surface area contributed by atoms with Crippen LogP contribution in [0.15, 0.2) is 59.8 Å². The van der Waals surface area contributed by atoms with E-state index < -0.39 is 6.04 Å². The first-order chi connectivity index (χ1) is 14.0. The Morgan fingerprint density at radius 2 is 1.72 bits per heavy atom. The van der Waals surface area contributed by atoms with E-state index in [4.69, 9.17) is 9.47 Å². The zero-order valence-corrected chi connectivity index (χ0v) is 16.7. The Bertz CT molecular complexity index is 922. The Morgan fingerprint density at radius 1 is 1.03 bits per heavy atom. The number of para-hydroxylation sites is 2. The van der Waals surface area contributed by atoms with Gasteiger partial charge < -0.3 is 25.4 Å². The topological polar surface area (TPSA) is 88.7 Å². The lowest BCUT2D eigenvalue weighted by molar-refractivity contribution is -0.113. The van der Waals surface area contributed by atoms with Crippen LogP contribution in [0.2, 0.25) is 0 Å². The predicted molar refractivity (Wildman–Crippen MR) is 111 cm³/mol. The van der Waals surface area contributed by atoms with E-state index in [1.165, 1.54) is 0 Å². The normalized spacial score (nSPS) is 16.0. The third-order valence-electron chi connectivity index (χ3n) is 4.47. The van der Waals surface area contributed by atoms with Gasteiger partial charge in [-0.3, -0.25) is 4.79 Å². The van der Waals surface area contributed by atoms with Crippen LogP contribution in [0.1, 0.15) is 32.4 Å². The van der Waals surface area contributed by atoms with Gasteiger partial charge in [0, 0.05) is 5.70 Å². The molecule has 0 aromatic heterocycles. The highest BCUT2D eigenvalue weighted by Gasteiger charge is 2.31. The number of hydrogen-bond donors (Lipinski definition) is 3. The summed E-state index contributed by atoms with van der Waals surface area (Å²) in [7, 11) is 0. The molecule has 7 heteroatoms. The fourth-order valence-electron chi connectivity index (χ4n) is 3.21. The largest absolute Gasteiger partial charge is 0.494 e. The summed E-state index contributed by atoms with van der Waals surface area (Å²) in [6, 6.07) is 13.6. The molecule has 3 N–H and O–H groups in total. The summed E-state index contributed by atoms with van der Waals surface area (Å²) in [6.45, 7) is 6.56. The van der Waals surface area contributed by atoms with Crippen molar-refractivity contribution in [2.75, 3.05) is 18.5 Å². The first-order valence-electron chi connectivity index (χ1n) is 9.57. The highest BCUT2D eigenvalue weighted by atomic mass is 16.5. The smallest absolute Gasteiger partial charge is 0.319 e. The number of amides is 3. The molecule has 2 aromatic rings. The van der Waals surface area contributed by atoms with Crippen molar-refractivity contribution >= 4 is 17.6 Å². The van der Waals surface area contributed by atoms with Gasteiger partial charge in [0.25, 0.3) is 5.91 Å². The second kappa shape index (κ2) is 9.14. The van der Waals surface area contributed by atoms with Gasteiger partial charge in [-0.25, -0.2) is 4.79 Å². The van der Waals surface area contributed by atoms with Crippen molar-refractivity contribution in [3.05, 3.63) is 65.4 Å². The fraction of sp³-hybridized carbons (Fsp3) is 0.273. The molecule has 3 amide bonds. The van der Waals surface area contributed by atoms with Crippen LogP contribution in [-0.4, -0.2) is 25.2 Å². The molecule has 0 unspecified atom stereocenters. The minimum absolute atomic E-state index is 0.318. The average molecular weight is 395 g/mol. The molecule has 7 nitrogen and oxygen atoms in total. The Kier molecular flexibility index (Phi) is 6.39. The number of carbonyl (C=O) groups is 2. The molecule has 0 radical (unpaired) electrons. The minimum atomic E-state index is -0.585. The summed E-state index contributed by atoms with van der Waals surface area (Å²) in [4.78, 5) is 25.2. The van der Waals surface area contributed by atoms with E-state index in [9.17, 15) is 9.59 Å². The number of urea groups is 1. The van der Waals surface area contributed by atoms with Crippen LogP contribution in [0.4, 0.5) is 10.5 Å². The van der Waals surface area contributed by atoms with Crippen molar-refractivity contribution in [3.8, 4) is 11.5 Å².